The van der Waals surface area contributed by atoms with E-state index >= 15 is 0 Å². The van der Waals surface area contributed by atoms with Gasteiger partial charge in [0.05, 0.1) is 10.0 Å². The van der Waals surface area contributed by atoms with E-state index in [0.717, 1.165) is 12.4 Å². The third-order valence-corrected chi connectivity index (χ3v) is 5.74. The van der Waals surface area contributed by atoms with Crippen LogP contribution < -0.4 is 18.4 Å². The molecule has 1 unspecified atom stereocenters. The van der Waals surface area contributed by atoms with Crippen molar-refractivity contribution in [3.05, 3.63) is 52.8 Å². The third kappa shape index (κ3) is 27.4. The second-order valence-electron chi connectivity index (χ2n) is 3.90. The monoisotopic (exact) mass is 1230 g/mol. The van der Waals surface area contributed by atoms with Gasteiger partial charge in [-0.1, -0.05) is 42.8 Å². The standard InChI is InChI=1S/C5H3Cl2NO2S.C5H5ClN2O2S.C2H2PS.CH4.I3.I2.Y/c2*6-4-1-2-8-3-5(4)11(7,9)10;3-1-2-4;;1-3-2;1-2;/h1-3H;1-3H,(H2,7,9,10);3H2;1H4;;;/q;;-1;;-1;;. The summed E-state index contributed by atoms with van der Waals surface area (Å²) in [7, 11) is -0.282. The number of nitrogens with zero attached hydrogens (tertiary/aromatic N) is 2. The van der Waals surface area contributed by atoms with Gasteiger partial charge in [-0.25, -0.2) is 22.0 Å². The Morgan fingerprint density at radius 1 is 1.03 bits per heavy atom. The molecule has 0 aliphatic rings. The summed E-state index contributed by atoms with van der Waals surface area (Å²) in [5, 5.41) is 7.20. The normalized spacial score (nSPS) is 9.00. The Hall–Kier alpha value is 4.08. The number of sulfonamides is 1. The van der Waals surface area contributed by atoms with Gasteiger partial charge in [0, 0.05) is 105 Å². The minimum atomic E-state index is -3.76. The summed E-state index contributed by atoms with van der Waals surface area (Å²) in [5.41, 5.74) is 0. The van der Waals surface area contributed by atoms with Crippen molar-refractivity contribution in [1.29, 1.82) is 0 Å². The van der Waals surface area contributed by atoms with E-state index in [1.807, 2.05) is 0 Å². The molecule has 2 rings (SSSR count). The van der Waals surface area contributed by atoms with Gasteiger partial charge < -0.3 is 5.82 Å². The van der Waals surface area contributed by atoms with Gasteiger partial charge in [-0.15, -0.1) is 0 Å². The first-order valence-corrected chi connectivity index (χ1v) is 30.8. The van der Waals surface area contributed by atoms with Crippen molar-refractivity contribution in [2.24, 2.45) is 5.14 Å². The minimum absolute atomic E-state index is 0. The van der Waals surface area contributed by atoms with Crippen LogP contribution in [0.25, 0.3) is 0 Å². The number of aromatic nitrogens is 2. The van der Waals surface area contributed by atoms with E-state index in [2.05, 4.69) is 117 Å². The number of halogens is 8. The van der Waals surface area contributed by atoms with E-state index in [0.29, 0.717) is 13.3 Å². The molecule has 2 N–H and O–H groups in total. The molecular formula is C13H14Cl3I5N3O4PS3Y-2. The van der Waals surface area contributed by atoms with Crippen LogP contribution in [0.1, 0.15) is 7.43 Å². The Balaban J connectivity index is -0.000000112. The second kappa shape index (κ2) is 29.1. The van der Waals surface area contributed by atoms with Crippen LogP contribution in [-0.2, 0) is 51.8 Å². The Morgan fingerprint density at radius 3 is 1.48 bits per heavy atom. The van der Waals surface area contributed by atoms with Crippen LogP contribution >= 0.6 is 130 Å². The number of primary sulfonamides is 1. The van der Waals surface area contributed by atoms with E-state index in [4.69, 9.17) is 39.0 Å². The Morgan fingerprint density at radius 2 is 1.33 bits per heavy atom. The molecule has 0 saturated carbocycles. The van der Waals surface area contributed by atoms with Crippen molar-refractivity contribution < 1.29 is 62.8 Å². The summed E-state index contributed by atoms with van der Waals surface area (Å²) in [6, 6.07) is 2.72. The predicted octanol–water partition coefficient (Wildman–Crippen LogP) is 4.00. The molecule has 2 aromatic heterocycles. The number of hydrogen-bond donors (Lipinski definition) is 1. The molecule has 0 aromatic carbocycles. The second-order valence-corrected chi connectivity index (χ2v) is 25.5. The molecule has 0 aliphatic heterocycles. The number of hydrogen-bond acceptors (Lipinski definition) is 7. The zero-order chi connectivity index (χ0) is 25.1. The van der Waals surface area contributed by atoms with Gasteiger partial charge in [-0.2, -0.15) is 0 Å². The van der Waals surface area contributed by atoms with Crippen LogP contribution in [0.5, 0.6) is 0 Å². The summed E-state index contributed by atoms with van der Waals surface area (Å²) < 4.78 is 42.8. The molecule has 0 fully saturated rings. The minimum Gasteiger partial charge on any atom is -0.411 e. The smallest absolute Gasteiger partial charge is 0.264 e. The fourth-order valence-corrected chi connectivity index (χ4v) is 3.48. The van der Waals surface area contributed by atoms with Crippen molar-refractivity contribution in [1.82, 2.24) is 9.97 Å². The SMILES string of the molecule is C.II.I[I-]I.NS(=O)(=O)c1cnccc1Cl.O=S(=O)(Cl)c1cnccc1Cl.P[C-]=C=S.[Y]. The van der Waals surface area contributed by atoms with E-state index in [1.54, 1.807) is 0 Å². The first kappa shape index (κ1) is 46.9. The van der Waals surface area contributed by atoms with Gasteiger partial charge in [0.25, 0.3) is 9.05 Å². The maximum atomic E-state index is 10.7. The van der Waals surface area contributed by atoms with Gasteiger partial charge in [0.2, 0.25) is 10.0 Å². The molecule has 0 spiro atoms. The van der Waals surface area contributed by atoms with Crippen molar-refractivity contribution in [2.45, 2.75) is 17.2 Å². The van der Waals surface area contributed by atoms with Crippen LogP contribution in [0.2, 0.25) is 10.0 Å². The molecule has 0 bridgehead atoms. The summed E-state index contributed by atoms with van der Waals surface area (Å²) in [5.74, 6) is 2.41. The molecule has 1 atom stereocenters. The van der Waals surface area contributed by atoms with E-state index in [9.17, 15) is 16.8 Å². The van der Waals surface area contributed by atoms with Crippen molar-refractivity contribution in [3.63, 3.8) is 0 Å². The molecule has 7 nitrogen and oxygen atoms in total. The van der Waals surface area contributed by atoms with Crippen molar-refractivity contribution in [3.8, 4) is 0 Å². The van der Waals surface area contributed by atoms with E-state index < -0.39 is 19.1 Å². The van der Waals surface area contributed by atoms with Crippen molar-refractivity contribution in [2.75, 3.05) is 0 Å². The van der Waals surface area contributed by atoms with Crippen LogP contribution in [0.3, 0.4) is 0 Å². The molecule has 189 valence electrons. The summed E-state index contributed by atoms with van der Waals surface area (Å²) >= 11 is 24.7. The largest absolute Gasteiger partial charge is 0.411 e. The van der Waals surface area contributed by atoms with Gasteiger partial charge in [-0.05, 0) is 12.1 Å². The first-order chi connectivity index (χ1) is 14.4. The zero-order valence-corrected chi connectivity index (χ0v) is 34.5. The van der Waals surface area contributed by atoms with Gasteiger partial charge in [0.1, 0.15) is 9.79 Å². The predicted molar refractivity (Wildman–Crippen MR) is 171 cm³/mol. The summed E-state index contributed by atoms with van der Waals surface area (Å²) in [4.78, 5) is 6.82. The third-order valence-electron chi connectivity index (χ3n) is 2.10. The summed E-state index contributed by atoms with van der Waals surface area (Å²) in [6.45, 7) is 0. The van der Waals surface area contributed by atoms with Crippen LogP contribution in [0, 0.1) is 5.82 Å². The van der Waals surface area contributed by atoms with Crippen LogP contribution in [0.15, 0.2) is 46.7 Å². The Kier molecular flexibility index (Phi) is 41.3. The molecule has 0 saturated heterocycles. The number of nitrogens with two attached hydrogens (primary N) is 1. The van der Waals surface area contributed by atoms with Crippen LogP contribution in [0.4, 0.5) is 0 Å². The van der Waals surface area contributed by atoms with Crippen LogP contribution in [-0.4, -0.2) is 31.8 Å². The Labute approximate surface area is 295 Å². The zero-order valence-electron chi connectivity index (χ0n) is 15.0. The average molecular weight is 1230 g/mol. The molecular weight excluding hydrogens is 1220 g/mol. The van der Waals surface area contributed by atoms with E-state index in [-0.39, 0.29) is 60.0 Å². The molecule has 0 aliphatic carbocycles. The average Bonchev–Trinajstić information content (AvgIpc) is 2.70. The fourth-order valence-electron chi connectivity index (χ4n) is 1.11. The number of rotatable bonds is 2. The van der Waals surface area contributed by atoms with Gasteiger partial charge in [-0.3, -0.25) is 24.2 Å². The molecule has 33 heavy (non-hydrogen) atoms. The molecule has 20 heteroatoms. The molecule has 2 heterocycles. The number of thiocarbonyl (C=S) groups is 1. The maximum absolute atomic E-state index is 10.7. The van der Waals surface area contributed by atoms with Gasteiger partial charge >= 0.3 is 50.5 Å². The van der Waals surface area contributed by atoms with Gasteiger partial charge in [0.15, 0.2) is 0 Å². The number of pyridine rings is 2. The Bertz CT molecular complexity index is 967. The molecule has 0 amide bonds. The van der Waals surface area contributed by atoms with Crippen molar-refractivity contribution >= 4 is 154 Å². The topological polar surface area (TPSA) is 120 Å². The first-order valence-electron chi connectivity index (χ1n) is 6.37. The summed E-state index contributed by atoms with van der Waals surface area (Å²) in [6.07, 6.45) is 4.98. The maximum Gasteiger partial charge on any atom is 0.264 e. The molecule has 2 aromatic rings. The fraction of sp³-hybridized carbons (Fsp3) is 0.0769. The quantitative estimate of drug-likeness (QED) is 0.159. The van der Waals surface area contributed by atoms with E-state index in [1.165, 1.54) is 24.5 Å². The molecule has 1 radical (unpaired) electrons.